The number of hydrogen-bond donors (Lipinski definition) is 1. The summed E-state index contributed by atoms with van der Waals surface area (Å²) in [4.78, 5) is 4.51. The molecule has 0 radical (unpaired) electrons. The molecular formula is C14H22N2. The molecule has 1 aromatic heterocycles. The molecule has 0 bridgehead atoms. The molecule has 0 saturated heterocycles. The zero-order valence-corrected chi connectivity index (χ0v) is 10.2. The van der Waals surface area contributed by atoms with E-state index in [2.05, 4.69) is 29.4 Å². The Labute approximate surface area is 98.5 Å². The van der Waals surface area contributed by atoms with Crippen LogP contribution in [0.3, 0.4) is 0 Å². The highest BCUT2D eigenvalue weighted by Gasteiger charge is 2.24. The topological polar surface area (TPSA) is 24.9 Å². The summed E-state index contributed by atoms with van der Waals surface area (Å²) in [7, 11) is 0. The van der Waals surface area contributed by atoms with Gasteiger partial charge in [-0.05, 0) is 37.4 Å². The molecule has 0 aromatic carbocycles. The average molecular weight is 218 g/mol. The van der Waals surface area contributed by atoms with Crippen molar-refractivity contribution in [2.45, 2.75) is 45.1 Å². The Morgan fingerprint density at radius 2 is 2.12 bits per heavy atom. The first-order valence-electron chi connectivity index (χ1n) is 6.56. The van der Waals surface area contributed by atoms with Crippen molar-refractivity contribution in [1.29, 1.82) is 0 Å². The average Bonchev–Trinajstić information content (AvgIpc) is 2.38. The molecule has 1 aliphatic carbocycles. The number of rotatable bonds is 4. The standard InChI is InChI=1S/C14H22N2/c1-2-15-14(12-8-4-3-5-9-12)13-10-6-7-11-16-13/h6-7,10-12,14-15H,2-5,8-9H2,1H3. The van der Waals surface area contributed by atoms with Crippen LogP contribution < -0.4 is 5.32 Å². The molecule has 1 atom stereocenters. The van der Waals surface area contributed by atoms with Gasteiger partial charge in [0.05, 0.1) is 11.7 Å². The van der Waals surface area contributed by atoms with Crippen LogP contribution in [0.5, 0.6) is 0 Å². The minimum atomic E-state index is 0.464. The van der Waals surface area contributed by atoms with Gasteiger partial charge < -0.3 is 5.32 Å². The molecule has 1 saturated carbocycles. The van der Waals surface area contributed by atoms with Crippen molar-refractivity contribution in [3.05, 3.63) is 30.1 Å². The van der Waals surface area contributed by atoms with Crippen molar-refractivity contribution >= 4 is 0 Å². The minimum absolute atomic E-state index is 0.464. The van der Waals surface area contributed by atoms with Crippen LogP contribution in [0.25, 0.3) is 0 Å². The van der Waals surface area contributed by atoms with Crippen LogP contribution in [0, 0.1) is 5.92 Å². The maximum atomic E-state index is 4.51. The van der Waals surface area contributed by atoms with E-state index in [0.717, 1.165) is 12.5 Å². The van der Waals surface area contributed by atoms with Crippen LogP contribution >= 0.6 is 0 Å². The molecule has 1 N–H and O–H groups in total. The molecule has 0 aliphatic heterocycles. The number of nitrogens with one attached hydrogen (secondary N) is 1. The summed E-state index contributed by atoms with van der Waals surface area (Å²) in [5, 5.41) is 3.61. The van der Waals surface area contributed by atoms with Crippen molar-refractivity contribution in [3.8, 4) is 0 Å². The molecular weight excluding hydrogens is 196 g/mol. The summed E-state index contributed by atoms with van der Waals surface area (Å²) in [6.45, 7) is 3.20. The van der Waals surface area contributed by atoms with Gasteiger partial charge in [-0.1, -0.05) is 32.3 Å². The molecule has 1 aromatic rings. The molecule has 1 fully saturated rings. The van der Waals surface area contributed by atoms with Gasteiger partial charge in [-0.3, -0.25) is 4.98 Å². The molecule has 2 heteroatoms. The van der Waals surface area contributed by atoms with E-state index >= 15 is 0 Å². The van der Waals surface area contributed by atoms with Crippen LogP contribution in [-0.4, -0.2) is 11.5 Å². The van der Waals surface area contributed by atoms with Gasteiger partial charge in [0.2, 0.25) is 0 Å². The lowest BCUT2D eigenvalue weighted by Gasteiger charge is -2.30. The van der Waals surface area contributed by atoms with Crippen LogP contribution in [0.1, 0.15) is 50.8 Å². The largest absolute Gasteiger partial charge is 0.309 e. The Kier molecular flexibility index (Phi) is 4.34. The summed E-state index contributed by atoms with van der Waals surface area (Å²) in [6.07, 6.45) is 8.81. The molecule has 1 heterocycles. The van der Waals surface area contributed by atoms with Gasteiger partial charge in [-0.25, -0.2) is 0 Å². The second-order valence-electron chi connectivity index (χ2n) is 4.69. The zero-order chi connectivity index (χ0) is 11.2. The number of pyridine rings is 1. The normalized spacial score (nSPS) is 19.6. The Morgan fingerprint density at radius 1 is 1.31 bits per heavy atom. The van der Waals surface area contributed by atoms with Crippen molar-refractivity contribution < 1.29 is 0 Å². The molecule has 0 spiro atoms. The van der Waals surface area contributed by atoms with Crippen molar-refractivity contribution in [2.75, 3.05) is 6.54 Å². The molecule has 16 heavy (non-hydrogen) atoms. The van der Waals surface area contributed by atoms with E-state index in [4.69, 9.17) is 0 Å². The van der Waals surface area contributed by atoms with Gasteiger partial charge in [0.15, 0.2) is 0 Å². The van der Waals surface area contributed by atoms with Crippen molar-refractivity contribution in [1.82, 2.24) is 10.3 Å². The zero-order valence-electron chi connectivity index (χ0n) is 10.2. The molecule has 88 valence electrons. The second kappa shape index (κ2) is 6.00. The Morgan fingerprint density at radius 3 is 2.75 bits per heavy atom. The van der Waals surface area contributed by atoms with Crippen molar-refractivity contribution in [2.24, 2.45) is 5.92 Å². The Bertz CT molecular complexity index is 291. The summed E-state index contributed by atoms with van der Waals surface area (Å²) >= 11 is 0. The van der Waals surface area contributed by atoms with E-state index in [1.54, 1.807) is 0 Å². The SMILES string of the molecule is CCNC(c1ccccn1)C1CCCCC1. The highest BCUT2D eigenvalue weighted by molar-refractivity contribution is 5.10. The van der Waals surface area contributed by atoms with E-state index < -0.39 is 0 Å². The first kappa shape index (κ1) is 11.6. The highest BCUT2D eigenvalue weighted by atomic mass is 14.9. The van der Waals surface area contributed by atoms with Gasteiger partial charge in [-0.2, -0.15) is 0 Å². The highest BCUT2D eigenvalue weighted by Crippen LogP contribution is 2.33. The third kappa shape index (κ3) is 2.82. The second-order valence-corrected chi connectivity index (χ2v) is 4.69. The van der Waals surface area contributed by atoms with E-state index in [9.17, 15) is 0 Å². The maximum absolute atomic E-state index is 4.51. The van der Waals surface area contributed by atoms with Crippen LogP contribution in [0.15, 0.2) is 24.4 Å². The van der Waals surface area contributed by atoms with E-state index in [0.29, 0.717) is 6.04 Å². The van der Waals surface area contributed by atoms with Crippen LogP contribution in [0.4, 0.5) is 0 Å². The quantitative estimate of drug-likeness (QED) is 0.838. The van der Waals surface area contributed by atoms with Crippen molar-refractivity contribution in [3.63, 3.8) is 0 Å². The van der Waals surface area contributed by atoms with E-state index in [1.165, 1.54) is 37.8 Å². The van der Waals surface area contributed by atoms with Gasteiger partial charge >= 0.3 is 0 Å². The van der Waals surface area contributed by atoms with E-state index in [1.807, 2.05) is 12.3 Å². The van der Waals surface area contributed by atoms with Crippen LogP contribution in [-0.2, 0) is 0 Å². The third-order valence-electron chi connectivity index (χ3n) is 3.55. The summed E-state index contributed by atoms with van der Waals surface area (Å²) in [6, 6.07) is 6.71. The summed E-state index contributed by atoms with van der Waals surface area (Å²) < 4.78 is 0. The predicted molar refractivity (Wildman–Crippen MR) is 67.2 cm³/mol. The fourth-order valence-electron chi connectivity index (χ4n) is 2.76. The Balaban J connectivity index is 2.09. The van der Waals surface area contributed by atoms with Gasteiger partial charge in [0.25, 0.3) is 0 Å². The number of aromatic nitrogens is 1. The smallest absolute Gasteiger partial charge is 0.0576 e. The molecule has 1 aliphatic rings. The molecule has 2 nitrogen and oxygen atoms in total. The maximum Gasteiger partial charge on any atom is 0.0576 e. The number of hydrogen-bond acceptors (Lipinski definition) is 2. The lowest BCUT2D eigenvalue weighted by atomic mass is 9.82. The van der Waals surface area contributed by atoms with Gasteiger partial charge in [0, 0.05) is 6.20 Å². The Hall–Kier alpha value is -0.890. The molecule has 1 unspecified atom stereocenters. The molecule has 0 amide bonds. The number of nitrogens with zero attached hydrogens (tertiary/aromatic N) is 1. The molecule has 2 rings (SSSR count). The minimum Gasteiger partial charge on any atom is -0.309 e. The summed E-state index contributed by atoms with van der Waals surface area (Å²) in [5.41, 5.74) is 1.22. The predicted octanol–water partition coefficient (Wildman–Crippen LogP) is 3.31. The summed E-state index contributed by atoms with van der Waals surface area (Å²) in [5.74, 6) is 0.781. The van der Waals surface area contributed by atoms with Gasteiger partial charge in [-0.15, -0.1) is 0 Å². The lowest BCUT2D eigenvalue weighted by molar-refractivity contribution is 0.270. The lowest BCUT2D eigenvalue weighted by Crippen LogP contribution is -2.30. The van der Waals surface area contributed by atoms with Crippen LogP contribution in [0.2, 0.25) is 0 Å². The first-order valence-corrected chi connectivity index (χ1v) is 6.56. The first-order chi connectivity index (χ1) is 7.92. The van der Waals surface area contributed by atoms with Gasteiger partial charge in [0.1, 0.15) is 0 Å². The monoisotopic (exact) mass is 218 g/mol. The third-order valence-corrected chi connectivity index (χ3v) is 3.55. The fourth-order valence-corrected chi connectivity index (χ4v) is 2.76. The van der Waals surface area contributed by atoms with E-state index in [-0.39, 0.29) is 0 Å². The fraction of sp³-hybridized carbons (Fsp3) is 0.643.